The minimum Gasteiger partial charge on any atom is -0.461 e. The van der Waals surface area contributed by atoms with E-state index in [1.165, 1.54) is 25.7 Å². The molecule has 1 saturated carbocycles. The maximum atomic E-state index is 5.73. The van der Waals surface area contributed by atoms with Crippen molar-refractivity contribution in [3.8, 4) is 6.01 Å². The minimum absolute atomic E-state index is 0.0164. The summed E-state index contributed by atoms with van der Waals surface area (Å²) in [4.78, 5) is 12.5. The van der Waals surface area contributed by atoms with Crippen molar-refractivity contribution < 1.29 is 4.74 Å². The summed E-state index contributed by atoms with van der Waals surface area (Å²) in [7, 11) is 0. The standard InChI is InChI=1S/C14H25N5O/c1-4-10-7-5-6-8-11(10)16-13-17-12(15)18-14(19-13)20-9(2)3/h9-11H,4-8H2,1-3H3,(H3,15,16,17,18,19). The van der Waals surface area contributed by atoms with Crippen LogP contribution in [0.1, 0.15) is 52.9 Å². The maximum absolute atomic E-state index is 5.73. The molecule has 1 aliphatic rings. The van der Waals surface area contributed by atoms with Gasteiger partial charge in [-0.05, 0) is 32.6 Å². The largest absolute Gasteiger partial charge is 0.461 e. The molecule has 0 aliphatic heterocycles. The van der Waals surface area contributed by atoms with Gasteiger partial charge in [-0.2, -0.15) is 15.0 Å². The zero-order chi connectivity index (χ0) is 14.5. The number of rotatable bonds is 5. The van der Waals surface area contributed by atoms with Crippen LogP contribution < -0.4 is 15.8 Å². The number of anilines is 2. The van der Waals surface area contributed by atoms with Crippen LogP contribution >= 0.6 is 0 Å². The van der Waals surface area contributed by atoms with Gasteiger partial charge in [-0.3, -0.25) is 0 Å². The Labute approximate surface area is 120 Å². The average molecular weight is 279 g/mol. The van der Waals surface area contributed by atoms with Gasteiger partial charge in [-0.15, -0.1) is 0 Å². The van der Waals surface area contributed by atoms with E-state index in [2.05, 4.69) is 27.2 Å². The van der Waals surface area contributed by atoms with Crippen LogP contribution in [0.4, 0.5) is 11.9 Å². The molecule has 6 nitrogen and oxygen atoms in total. The van der Waals surface area contributed by atoms with Crippen molar-refractivity contribution in [2.45, 2.75) is 65.0 Å². The molecule has 1 aliphatic carbocycles. The highest BCUT2D eigenvalue weighted by Gasteiger charge is 2.24. The first-order chi connectivity index (χ1) is 9.58. The summed E-state index contributed by atoms with van der Waals surface area (Å²) in [5, 5.41) is 3.41. The average Bonchev–Trinajstić information content (AvgIpc) is 2.37. The lowest BCUT2D eigenvalue weighted by atomic mass is 9.83. The van der Waals surface area contributed by atoms with Gasteiger partial charge < -0.3 is 15.8 Å². The first-order valence-corrected chi connectivity index (χ1v) is 7.53. The highest BCUT2D eigenvalue weighted by atomic mass is 16.5. The van der Waals surface area contributed by atoms with Gasteiger partial charge in [0.2, 0.25) is 11.9 Å². The van der Waals surface area contributed by atoms with Crippen molar-refractivity contribution >= 4 is 11.9 Å². The van der Waals surface area contributed by atoms with E-state index in [0.717, 1.165) is 6.42 Å². The van der Waals surface area contributed by atoms with Crippen molar-refractivity contribution in [1.29, 1.82) is 0 Å². The van der Waals surface area contributed by atoms with E-state index < -0.39 is 0 Å². The number of nitrogens with zero attached hydrogens (tertiary/aromatic N) is 3. The number of aromatic nitrogens is 3. The number of ether oxygens (including phenoxy) is 1. The summed E-state index contributed by atoms with van der Waals surface area (Å²) < 4.78 is 5.50. The molecule has 20 heavy (non-hydrogen) atoms. The normalized spacial score (nSPS) is 22.8. The molecule has 1 aromatic rings. The lowest BCUT2D eigenvalue weighted by molar-refractivity contribution is 0.222. The summed E-state index contributed by atoms with van der Waals surface area (Å²) >= 11 is 0. The molecule has 6 heteroatoms. The summed E-state index contributed by atoms with van der Waals surface area (Å²) in [6.07, 6.45) is 6.19. The summed E-state index contributed by atoms with van der Waals surface area (Å²) in [6.45, 7) is 6.10. The van der Waals surface area contributed by atoms with Crippen LogP contribution in [0.15, 0.2) is 0 Å². The van der Waals surface area contributed by atoms with Crippen molar-refractivity contribution in [3.63, 3.8) is 0 Å². The van der Waals surface area contributed by atoms with Crippen LogP contribution in [0, 0.1) is 5.92 Å². The molecular weight excluding hydrogens is 254 g/mol. The number of nitrogens with two attached hydrogens (primary N) is 1. The molecule has 0 amide bonds. The second-order valence-corrected chi connectivity index (χ2v) is 5.67. The predicted molar refractivity (Wildman–Crippen MR) is 79.7 cm³/mol. The van der Waals surface area contributed by atoms with Crippen LogP contribution in [-0.2, 0) is 0 Å². The SMILES string of the molecule is CCC1CCCCC1Nc1nc(N)nc(OC(C)C)n1. The van der Waals surface area contributed by atoms with Crippen LogP contribution in [0.3, 0.4) is 0 Å². The summed E-state index contributed by atoms with van der Waals surface area (Å²) in [5.41, 5.74) is 5.73. The highest BCUT2D eigenvalue weighted by Crippen LogP contribution is 2.28. The number of hydrogen-bond acceptors (Lipinski definition) is 6. The number of nitrogen functional groups attached to an aromatic ring is 1. The molecule has 3 N–H and O–H groups in total. The first-order valence-electron chi connectivity index (χ1n) is 7.53. The molecule has 0 bridgehead atoms. The summed E-state index contributed by atoms with van der Waals surface area (Å²) in [5.74, 6) is 1.40. The van der Waals surface area contributed by atoms with E-state index in [9.17, 15) is 0 Å². The molecule has 0 spiro atoms. The van der Waals surface area contributed by atoms with Crippen LogP contribution in [0.2, 0.25) is 0 Å². The van der Waals surface area contributed by atoms with Crippen molar-refractivity contribution in [2.24, 2.45) is 5.92 Å². The van der Waals surface area contributed by atoms with Gasteiger partial charge in [0.1, 0.15) is 0 Å². The topological polar surface area (TPSA) is 86.0 Å². The maximum Gasteiger partial charge on any atom is 0.323 e. The third-order valence-corrected chi connectivity index (χ3v) is 3.72. The quantitative estimate of drug-likeness (QED) is 0.861. The Bertz CT molecular complexity index is 438. The Morgan fingerprint density at radius 3 is 2.70 bits per heavy atom. The molecule has 1 heterocycles. The van der Waals surface area contributed by atoms with Gasteiger partial charge in [0.25, 0.3) is 0 Å². The fourth-order valence-electron chi connectivity index (χ4n) is 2.75. The smallest absolute Gasteiger partial charge is 0.323 e. The molecule has 0 aromatic carbocycles. The molecular formula is C14H25N5O. The van der Waals surface area contributed by atoms with Crippen LogP contribution in [0.25, 0.3) is 0 Å². The van der Waals surface area contributed by atoms with E-state index >= 15 is 0 Å². The third-order valence-electron chi connectivity index (χ3n) is 3.72. The molecule has 0 radical (unpaired) electrons. The second kappa shape index (κ2) is 6.72. The Kier molecular flexibility index (Phi) is 4.98. The Morgan fingerprint density at radius 1 is 1.25 bits per heavy atom. The van der Waals surface area contributed by atoms with Crippen LogP contribution in [-0.4, -0.2) is 27.1 Å². The van der Waals surface area contributed by atoms with Gasteiger partial charge in [-0.25, -0.2) is 0 Å². The molecule has 0 saturated heterocycles. The van der Waals surface area contributed by atoms with E-state index in [0.29, 0.717) is 23.9 Å². The lowest BCUT2D eigenvalue weighted by Crippen LogP contribution is -2.32. The minimum atomic E-state index is 0.0164. The predicted octanol–water partition coefficient (Wildman–Crippen LogP) is 2.62. The van der Waals surface area contributed by atoms with Gasteiger partial charge >= 0.3 is 6.01 Å². The van der Waals surface area contributed by atoms with Gasteiger partial charge in [0.15, 0.2) is 0 Å². The lowest BCUT2D eigenvalue weighted by Gasteiger charge is -2.31. The molecule has 2 rings (SSSR count). The molecule has 1 fully saturated rings. The fraction of sp³-hybridized carbons (Fsp3) is 0.786. The summed E-state index contributed by atoms with van der Waals surface area (Å²) in [6, 6.07) is 0.710. The number of nitrogens with one attached hydrogen (secondary N) is 1. The Hall–Kier alpha value is -1.59. The second-order valence-electron chi connectivity index (χ2n) is 5.67. The van der Waals surface area contributed by atoms with Crippen molar-refractivity contribution in [3.05, 3.63) is 0 Å². The molecule has 112 valence electrons. The van der Waals surface area contributed by atoms with Gasteiger partial charge in [0, 0.05) is 6.04 Å². The van der Waals surface area contributed by atoms with Gasteiger partial charge in [-0.1, -0.05) is 26.2 Å². The molecule has 2 unspecified atom stereocenters. The third kappa shape index (κ3) is 3.95. The Morgan fingerprint density at radius 2 is 2.00 bits per heavy atom. The molecule has 1 aromatic heterocycles. The fourth-order valence-corrected chi connectivity index (χ4v) is 2.75. The number of hydrogen-bond donors (Lipinski definition) is 2. The Balaban J connectivity index is 2.09. The van der Waals surface area contributed by atoms with E-state index in [1.54, 1.807) is 0 Å². The van der Waals surface area contributed by atoms with E-state index in [1.807, 2.05) is 13.8 Å². The highest BCUT2D eigenvalue weighted by molar-refractivity contribution is 5.34. The van der Waals surface area contributed by atoms with Crippen molar-refractivity contribution in [1.82, 2.24) is 15.0 Å². The zero-order valence-electron chi connectivity index (χ0n) is 12.6. The van der Waals surface area contributed by atoms with E-state index in [4.69, 9.17) is 10.5 Å². The van der Waals surface area contributed by atoms with E-state index in [-0.39, 0.29) is 12.1 Å². The van der Waals surface area contributed by atoms with Crippen LogP contribution in [0.5, 0.6) is 6.01 Å². The zero-order valence-corrected chi connectivity index (χ0v) is 12.6. The van der Waals surface area contributed by atoms with Crippen molar-refractivity contribution in [2.75, 3.05) is 11.1 Å². The first kappa shape index (κ1) is 14.8. The van der Waals surface area contributed by atoms with Gasteiger partial charge in [0.05, 0.1) is 6.10 Å². The monoisotopic (exact) mass is 279 g/mol. The molecule has 2 atom stereocenters.